The Bertz CT molecular complexity index is 697. The fourth-order valence-electron chi connectivity index (χ4n) is 2.92. The number of fused-ring (bicyclic) bond motifs is 1. The average Bonchev–Trinajstić information content (AvgIpc) is 2.45. The summed E-state index contributed by atoms with van der Waals surface area (Å²) in [4.78, 5) is 33.9. The summed E-state index contributed by atoms with van der Waals surface area (Å²) >= 11 is 0. The van der Waals surface area contributed by atoms with Crippen LogP contribution >= 0.6 is 0 Å². The lowest BCUT2D eigenvalue weighted by atomic mass is 9.77. The Labute approximate surface area is 133 Å². The molecule has 2 rings (SSSR count). The van der Waals surface area contributed by atoms with Crippen LogP contribution in [0.15, 0.2) is 6.07 Å². The van der Waals surface area contributed by atoms with Gasteiger partial charge in [0.05, 0.1) is 21.6 Å². The van der Waals surface area contributed by atoms with E-state index in [1.807, 2.05) is 0 Å². The molecule has 0 saturated heterocycles. The smallest absolute Gasteiger partial charge is 0.313 e. The topological polar surface area (TPSA) is 122 Å². The number of nitro groups is 1. The second-order valence-electron chi connectivity index (χ2n) is 6.07. The first kappa shape index (κ1) is 16.9. The van der Waals surface area contributed by atoms with Crippen LogP contribution in [0.1, 0.15) is 37.5 Å². The van der Waals surface area contributed by atoms with Gasteiger partial charge in [-0.15, -0.1) is 0 Å². The van der Waals surface area contributed by atoms with Gasteiger partial charge in [-0.05, 0) is 37.9 Å². The lowest BCUT2D eigenvalue weighted by Gasteiger charge is -2.29. The third kappa shape index (κ3) is 3.02. The first-order valence-electron chi connectivity index (χ1n) is 7.21. The first-order valence-corrected chi connectivity index (χ1v) is 7.21. The van der Waals surface area contributed by atoms with Crippen LogP contribution in [0.25, 0.3) is 0 Å². The van der Waals surface area contributed by atoms with E-state index in [0.29, 0.717) is 30.8 Å². The van der Waals surface area contributed by atoms with Crippen LogP contribution in [-0.2, 0) is 28.0 Å². The van der Waals surface area contributed by atoms with Crippen molar-refractivity contribution < 1.29 is 19.6 Å². The molecule has 0 atom stereocenters. The van der Waals surface area contributed by atoms with Crippen LogP contribution in [0.2, 0.25) is 0 Å². The summed E-state index contributed by atoms with van der Waals surface area (Å²) in [7, 11) is 0. The molecule has 1 aromatic carbocycles. The minimum Gasteiger partial charge on any atom is -0.481 e. The lowest BCUT2D eigenvalue weighted by Crippen LogP contribution is -2.35. The van der Waals surface area contributed by atoms with Crippen LogP contribution in [-0.4, -0.2) is 28.5 Å². The second-order valence-corrected chi connectivity index (χ2v) is 6.07. The maximum atomic E-state index is 11.6. The molecule has 3 N–H and O–H groups in total. The van der Waals surface area contributed by atoms with Crippen molar-refractivity contribution in [2.75, 3.05) is 11.9 Å². The highest BCUT2D eigenvalue weighted by atomic mass is 16.6. The molecule has 1 aliphatic heterocycles. The quantitative estimate of drug-likeness (QED) is 0.571. The molecule has 0 spiro atoms. The molecular weight excluding hydrogens is 302 g/mol. The van der Waals surface area contributed by atoms with Gasteiger partial charge in [0, 0.05) is 19.5 Å². The van der Waals surface area contributed by atoms with Crippen molar-refractivity contribution in [3.8, 4) is 0 Å². The molecule has 1 heterocycles. The number of hydrogen-bond donors (Lipinski definition) is 3. The number of aliphatic carboxylic acids is 1. The number of rotatable bonds is 4. The van der Waals surface area contributed by atoms with Gasteiger partial charge in [-0.25, -0.2) is 0 Å². The Kier molecular flexibility index (Phi) is 4.37. The largest absolute Gasteiger partial charge is 0.481 e. The Morgan fingerprint density at radius 2 is 2.04 bits per heavy atom. The molecule has 1 amide bonds. The van der Waals surface area contributed by atoms with Gasteiger partial charge in [-0.3, -0.25) is 19.7 Å². The van der Waals surface area contributed by atoms with E-state index in [9.17, 15) is 24.8 Å². The number of carbonyl (C=O) groups excluding carboxylic acids is 1. The molecule has 124 valence electrons. The number of carboxylic acid groups (broad SMARTS) is 1. The standard InChI is InChI=1S/C15H19N3O5/c1-8(19)17-11-6-12(18(22)23)13(15(2,3)14(20)21)10-7-16-5-4-9(10)11/h6,16H,4-5,7H2,1-3H3,(H,17,19)(H,20,21). The molecule has 0 unspecified atom stereocenters. The third-order valence-electron chi connectivity index (χ3n) is 4.05. The first-order chi connectivity index (χ1) is 10.7. The molecular formula is C15H19N3O5. The Balaban J connectivity index is 2.82. The zero-order valence-electron chi connectivity index (χ0n) is 13.2. The molecule has 0 fully saturated rings. The molecule has 0 aliphatic carbocycles. The van der Waals surface area contributed by atoms with Gasteiger partial charge in [0.1, 0.15) is 0 Å². The van der Waals surface area contributed by atoms with E-state index in [1.165, 1.54) is 26.8 Å². The maximum Gasteiger partial charge on any atom is 0.313 e. The monoisotopic (exact) mass is 321 g/mol. The maximum absolute atomic E-state index is 11.6. The Morgan fingerprint density at radius 1 is 1.39 bits per heavy atom. The number of carboxylic acids is 1. The van der Waals surface area contributed by atoms with Gasteiger partial charge in [0.15, 0.2) is 0 Å². The van der Waals surface area contributed by atoms with Crippen LogP contribution in [0.3, 0.4) is 0 Å². The second kappa shape index (κ2) is 5.96. The molecule has 0 bridgehead atoms. The number of nitro benzene ring substituents is 1. The summed E-state index contributed by atoms with van der Waals surface area (Å²) < 4.78 is 0. The predicted octanol–water partition coefficient (Wildman–Crippen LogP) is 1.56. The average molecular weight is 321 g/mol. The van der Waals surface area contributed by atoms with Crippen molar-refractivity contribution in [2.24, 2.45) is 0 Å². The predicted molar refractivity (Wildman–Crippen MR) is 83.5 cm³/mol. The van der Waals surface area contributed by atoms with E-state index in [2.05, 4.69) is 10.6 Å². The number of nitrogens with zero attached hydrogens (tertiary/aromatic N) is 1. The zero-order chi connectivity index (χ0) is 17.4. The van der Waals surface area contributed by atoms with Crippen molar-refractivity contribution in [1.29, 1.82) is 0 Å². The van der Waals surface area contributed by atoms with E-state index in [0.717, 1.165) is 5.56 Å². The van der Waals surface area contributed by atoms with E-state index < -0.39 is 16.3 Å². The van der Waals surface area contributed by atoms with Crippen molar-refractivity contribution in [3.63, 3.8) is 0 Å². The zero-order valence-corrected chi connectivity index (χ0v) is 13.2. The number of benzene rings is 1. The van der Waals surface area contributed by atoms with Crippen molar-refractivity contribution >= 4 is 23.3 Å². The van der Waals surface area contributed by atoms with Crippen molar-refractivity contribution in [2.45, 2.75) is 39.2 Å². The summed E-state index contributed by atoms with van der Waals surface area (Å²) in [5.74, 6) is -1.47. The molecule has 0 radical (unpaired) electrons. The molecule has 0 aromatic heterocycles. The third-order valence-corrected chi connectivity index (χ3v) is 4.05. The van der Waals surface area contributed by atoms with Crippen LogP contribution in [0.4, 0.5) is 11.4 Å². The minimum absolute atomic E-state index is 0.186. The van der Waals surface area contributed by atoms with Crippen LogP contribution in [0.5, 0.6) is 0 Å². The summed E-state index contributed by atoms with van der Waals surface area (Å²) in [6, 6.07) is 1.27. The van der Waals surface area contributed by atoms with Gasteiger partial charge in [0.2, 0.25) is 5.91 Å². The Morgan fingerprint density at radius 3 is 2.57 bits per heavy atom. The minimum atomic E-state index is -1.42. The fraction of sp³-hybridized carbons (Fsp3) is 0.467. The molecule has 23 heavy (non-hydrogen) atoms. The Hall–Kier alpha value is -2.48. The van der Waals surface area contributed by atoms with Gasteiger partial charge < -0.3 is 15.7 Å². The van der Waals surface area contributed by atoms with E-state index in [1.54, 1.807) is 0 Å². The van der Waals surface area contributed by atoms with Gasteiger partial charge in [-0.2, -0.15) is 0 Å². The van der Waals surface area contributed by atoms with Crippen LogP contribution < -0.4 is 10.6 Å². The molecule has 1 aromatic rings. The van der Waals surface area contributed by atoms with Gasteiger partial charge >= 0.3 is 5.97 Å². The van der Waals surface area contributed by atoms with Gasteiger partial charge in [0.25, 0.3) is 5.69 Å². The van der Waals surface area contributed by atoms with Gasteiger partial charge in [-0.1, -0.05) is 0 Å². The van der Waals surface area contributed by atoms with Crippen molar-refractivity contribution in [3.05, 3.63) is 32.9 Å². The number of nitrogens with one attached hydrogen (secondary N) is 2. The lowest BCUT2D eigenvalue weighted by molar-refractivity contribution is -0.386. The number of amides is 1. The highest BCUT2D eigenvalue weighted by Gasteiger charge is 2.40. The highest BCUT2D eigenvalue weighted by molar-refractivity contribution is 5.92. The highest BCUT2D eigenvalue weighted by Crippen LogP contribution is 2.41. The number of hydrogen-bond acceptors (Lipinski definition) is 5. The van der Waals surface area contributed by atoms with E-state index in [4.69, 9.17) is 0 Å². The molecule has 0 saturated carbocycles. The molecule has 1 aliphatic rings. The normalized spacial score (nSPS) is 14.0. The molecule has 8 heteroatoms. The van der Waals surface area contributed by atoms with E-state index >= 15 is 0 Å². The summed E-state index contributed by atoms with van der Waals surface area (Å²) in [5.41, 5.74) is 0.205. The SMILES string of the molecule is CC(=O)Nc1cc([N+](=O)[O-])c(C(C)(C)C(=O)O)c2c1CCNC2. The summed E-state index contributed by atoms with van der Waals surface area (Å²) in [5, 5.41) is 26.7. The van der Waals surface area contributed by atoms with Crippen molar-refractivity contribution in [1.82, 2.24) is 5.32 Å². The number of anilines is 1. The number of carbonyl (C=O) groups is 2. The van der Waals surface area contributed by atoms with E-state index in [-0.39, 0.29) is 17.2 Å². The fourth-order valence-corrected chi connectivity index (χ4v) is 2.92. The molecule has 8 nitrogen and oxygen atoms in total. The van der Waals surface area contributed by atoms with Crippen LogP contribution in [0, 0.1) is 10.1 Å². The summed E-state index contributed by atoms with van der Waals surface area (Å²) in [6.45, 7) is 5.21. The summed E-state index contributed by atoms with van der Waals surface area (Å²) in [6.07, 6.45) is 0.561.